The summed E-state index contributed by atoms with van der Waals surface area (Å²) < 4.78 is 11.1. The Morgan fingerprint density at radius 1 is 1.26 bits per heavy atom. The number of nitrogens with zero attached hydrogens (tertiary/aromatic N) is 1. The molecule has 0 saturated carbocycles. The fourth-order valence-electron chi connectivity index (χ4n) is 3.38. The van der Waals surface area contributed by atoms with Gasteiger partial charge in [0, 0.05) is 19.7 Å². The zero-order chi connectivity index (χ0) is 15.9. The van der Waals surface area contributed by atoms with Gasteiger partial charge in [-0.05, 0) is 50.9 Å². The number of furan rings is 1. The highest BCUT2D eigenvalue weighted by atomic mass is 16.5. The first-order chi connectivity index (χ1) is 11.3. The Morgan fingerprint density at radius 3 is 2.83 bits per heavy atom. The second-order valence-electron chi connectivity index (χ2n) is 6.35. The van der Waals surface area contributed by atoms with E-state index in [1.807, 2.05) is 12.1 Å². The monoisotopic (exact) mass is 321 g/mol. The van der Waals surface area contributed by atoms with Gasteiger partial charge in [0.1, 0.15) is 5.76 Å². The van der Waals surface area contributed by atoms with Gasteiger partial charge >= 0.3 is 6.03 Å². The Balaban J connectivity index is 1.48. The third-order valence-corrected chi connectivity index (χ3v) is 4.67. The quantitative estimate of drug-likeness (QED) is 0.843. The van der Waals surface area contributed by atoms with Gasteiger partial charge in [-0.15, -0.1) is 0 Å². The van der Waals surface area contributed by atoms with Gasteiger partial charge in [0.2, 0.25) is 0 Å². The second-order valence-corrected chi connectivity index (χ2v) is 6.35. The highest BCUT2D eigenvalue weighted by Crippen LogP contribution is 2.24. The molecule has 6 nitrogen and oxygen atoms in total. The molecule has 2 amide bonds. The molecule has 2 N–H and O–H groups in total. The number of rotatable bonds is 6. The van der Waals surface area contributed by atoms with Crippen LogP contribution in [0.4, 0.5) is 4.79 Å². The zero-order valence-electron chi connectivity index (χ0n) is 13.6. The van der Waals surface area contributed by atoms with Gasteiger partial charge in [-0.25, -0.2) is 4.79 Å². The predicted octanol–water partition coefficient (Wildman–Crippen LogP) is 2.28. The van der Waals surface area contributed by atoms with Gasteiger partial charge in [-0.3, -0.25) is 4.90 Å². The number of piperidine rings is 1. The van der Waals surface area contributed by atoms with E-state index in [1.54, 1.807) is 6.26 Å². The SMILES string of the molecule is O=C(NC[C@H]1CCCO1)NC[C@H](c1ccco1)N1CCCCC1. The van der Waals surface area contributed by atoms with E-state index in [-0.39, 0.29) is 18.2 Å². The molecule has 0 spiro atoms. The van der Waals surface area contributed by atoms with E-state index in [4.69, 9.17) is 9.15 Å². The molecule has 2 aliphatic heterocycles. The first kappa shape index (κ1) is 16.3. The van der Waals surface area contributed by atoms with E-state index in [9.17, 15) is 4.79 Å². The Hall–Kier alpha value is -1.53. The van der Waals surface area contributed by atoms with Crippen molar-refractivity contribution in [2.75, 3.05) is 32.8 Å². The summed E-state index contributed by atoms with van der Waals surface area (Å²) in [5, 5.41) is 5.89. The maximum Gasteiger partial charge on any atom is 0.314 e. The summed E-state index contributed by atoms with van der Waals surface area (Å²) in [4.78, 5) is 14.4. The minimum atomic E-state index is -0.130. The van der Waals surface area contributed by atoms with Crippen LogP contribution in [0, 0.1) is 0 Å². The van der Waals surface area contributed by atoms with Gasteiger partial charge in [-0.1, -0.05) is 6.42 Å². The molecule has 2 aliphatic rings. The lowest BCUT2D eigenvalue weighted by atomic mass is 10.1. The third-order valence-electron chi connectivity index (χ3n) is 4.67. The number of ether oxygens (including phenoxy) is 1. The van der Waals surface area contributed by atoms with Crippen LogP contribution < -0.4 is 10.6 Å². The van der Waals surface area contributed by atoms with Crippen molar-refractivity contribution in [3.8, 4) is 0 Å². The van der Waals surface area contributed by atoms with E-state index in [2.05, 4.69) is 15.5 Å². The molecular formula is C17H27N3O3. The van der Waals surface area contributed by atoms with E-state index < -0.39 is 0 Å². The van der Waals surface area contributed by atoms with Gasteiger partial charge in [-0.2, -0.15) is 0 Å². The molecular weight excluding hydrogens is 294 g/mol. The minimum Gasteiger partial charge on any atom is -0.468 e. The van der Waals surface area contributed by atoms with Crippen molar-refractivity contribution in [3.05, 3.63) is 24.2 Å². The first-order valence-corrected chi connectivity index (χ1v) is 8.73. The molecule has 23 heavy (non-hydrogen) atoms. The lowest BCUT2D eigenvalue weighted by Gasteiger charge is -2.33. The Bertz CT molecular complexity index is 465. The molecule has 1 aromatic heterocycles. The summed E-state index contributed by atoms with van der Waals surface area (Å²) in [6.45, 7) is 4.07. The van der Waals surface area contributed by atoms with E-state index in [0.29, 0.717) is 13.1 Å². The van der Waals surface area contributed by atoms with Crippen molar-refractivity contribution < 1.29 is 13.9 Å². The largest absolute Gasteiger partial charge is 0.468 e. The highest BCUT2D eigenvalue weighted by Gasteiger charge is 2.25. The van der Waals surface area contributed by atoms with Crippen LogP contribution in [-0.4, -0.2) is 49.8 Å². The molecule has 1 aromatic rings. The van der Waals surface area contributed by atoms with Crippen LogP contribution in [0.5, 0.6) is 0 Å². The maximum absolute atomic E-state index is 12.0. The van der Waals surface area contributed by atoms with Crippen molar-refractivity contribution in [1.82, 2.24) is 15.5 Å². The van der Waals surface area contributed by atoms with Crippen LogP contribution in [0.2, 0.25) is 0 Å². The average molecular weight is 321 g/mol. The van der Waals surface area contributed by atoms with Gasteiger partial charge in [0.25, 0.3) is 0 Å². The summed E-state index contributed by atoms with van der Waals surface area (Å²) in [5.74, 6) is 0.923. The van der Waals surface area contributed by atoms with E-state index >= 15 is 0 Å². The summed E-state index contributed by atoms with van der Waals surface area (Å²) in [6, 6.07) is 3.88. The molecule has 2 saturated heterocycles. The van der Waals surface area contributed by atoms with Gasteiger partial charge < -0.3 is 19.8 Å². The molecule has 6 heteroatoms. The van der Waals surface area contributed by atoms with Crippen LogP contribution >= 0.6 is 0 Å². The highest BCUT2D eigenvalue weighted by molar-refractivity contribution is 5.73. The van der Waals surface area contributed by atoms with Crippen LogP contribution in [0.1, 0.15) is 43.9 Å². The Kier molecular flexibility index (Phi) is 5.93. The number of carbonyl (C=O) groups excluding carboxylic acids is 1. The van der Waals surface area contributed by atoms with Crippen LogP contribution in [-0.2, 0) is 4.74 Å². The van der Waals surface area contributed by atoms with Crippen LogP contribution in [0.25, 0.3) is 0 Å². The number of likely N-dealkylation sites (tertiary alicyclic amines) is 1. The molecule has 2 fully saturated rings. The number of nitrogens with one attached hydrogen (secondary N) is 2. The standard InChI is InChI=1S/C17H27N3O3/c21-17(18-12-14-6-4-10-22-14)19-13-15(16-7-5-11-23-16)20-8-2-1-3-9-20/h5,7,11,14-15H,1-4,6,8-10,12-13H2,(H2,18,19,21)/t14-,15-/m1/s1. The zero-order valence-corrected chi connectivity index (χ0v) is 13.6. The van der Waals surface area contributed by atoms with E-state index in [1.165, 1.54) is 19.3 Å². The molecule has 128 valence electrons. The van der Waals surface area contributed by atoms with Crippen molar-refractivity contribution in [1.29, 1.82) is 0 Å². The minimum absolute atomic E-state index is 0.110. The number of hydrogen-bond donors (Lipinski definition) is 2. The Labute approximate surface area is 137 Å². The smallest absolute Gasteiger partial charge is 0.314 e. The fraction of sp³-hybridized carbons (Fsp3) is 0.706. The third kappa shape index (κ3) is 4.72. The summed E-state index contributed by atoms with van der Waals surface area (Å²) >= 11 is 0. The summed E-state index contributed by atoms with van der Waals surface area (Å²) in [5.41, 5.74) is 0. The number of carbonyl (C=O) groups is 1. The van der Waals surface area contributed by atoms with Crippen molar-refractivity contribution in [2.24, 2.45) is 0 Å². The molecule has 2 atom stereocenters. The predicted molar refractivity (Wildman–Crippen MR) is 87.2 cm³/mol. The normalized spacial score (nSPS) is 23.6. The Morgan fingerprint density at radius 2 is 2.13 bits per heavy atom. The average Bonchev–Trinajstić information content (AvgIpc) is 3.28. The number of amides is 2. The number of urea groups is 1. The van der Waals surface area contributed by atoms with Gasteiger partial charge in [0.05, 0.1) is 18.4 Å². The van der Waals surface area contributed by atoms with Gasteiger partial charge in [0.15, 0.2) is 0 Å². The fourth-order valence-corrected chi connectivity index (χ4v) is 3.38. The molecule has 0 aliphatic carbocycles. The molecule has 0 bridgehead atoms. The molecule has 0 unspecified atom stereocenters. The summed E-state index contributed by atoms with van der Waals surface area (Å²) in [6.07, 6.45) is 7.70. The second kappa shape index (κ2) is 8.36. The molecule has 0 radical (unpaired) electrons. The van der Waals surface area contributed by atoms with Crippen molar-refractivity contribution in [2.45, 2.75) is 44.2 Å². The maximum atomic E-state index is 12.0. The lowest BCUT2D eigenvalue weighted by Crippen LogP contribution is -2.45. The summed E-state index contributed by atoms with van der Waals surface area (Å²) in [7, 11) is 0. The molecule has 3 heterocycles. The number of hydrogen-bond acceptors (Lipinski definition) is 4. The van der Waals surface area contributed by atoms with Crippen molar-refractivity contribution in [3.63, 3.8) is 0 Å². The molecule has 0 aromatic carbocycles. The topological polar surface area (TPSA) is 66.7 Å². The van der Waals surface area contributed by atoms with Crippen molar-refractivity contribution >= 4 is 6.03 Å². The lowest BCUT2D eigenvalue weighted by molar-refractivity contribution is 0.110. The van der Waals surface area contributed by atoms with Crippen LogP contribution in [0.15, 0.2) is 22.8 Å². The first-order valence-electron chi connectivity index (χ1n) is 8.73. The van der Waals surface area contributed by atoms with E-state index in [0.717, 1.165) is 38.3 Å². The molecule has 3 rings (SSSR count). The van der Waals surface area contributed by atoms with Crippen LogP contribution in [0.3, 0.4) is 0 Å².